The average molecular weight is 262 g/mol. The average Bonchev–Trinajstić information content (AvgIpc) is 2.47. The van der Waals surface area contributed by atoms with E-state index in [2.05, 4.69) is 9.97 Å². The molecule has 96 valence electrons. The lowest BCUT2D eigenvalue weighted by Crippen LogP contribution is -2.22. The van der Waals surface area contributed by atoms with Gasteiger partial charge in [-0.05, 0) is 16.2 Å². The topological polar surface area (TPSA) is 65.7 Å². The van der Waals surface area contributed by atoms with Crippen molar-refractivity contribution in [3.8, 4) is 0 Å². The Morgan fingerprint density at radius 2 is 1.20 bits per heavy atom. The summed E-state index contributed by atoms with van der Waals surface area (Å²) in [5.74, 6) is 0. The third-order valence-corrected chi connectivity index (χ3v) is 3.63. The summed E-state index contributed by atoms with van der Waals surface area (Å²) in [6.07, 6.45) is 0. The van der Waals surface area contributed by atoms with Gasteiger partial charge in [-0.3, -0.25) is 9.78 Å². The van der Waals surface area contributed by atoms with Crippen LogP contribution in [0.4, 0.5) is 0 Å². The molecule has 2 N–H and O–H groups in total. The minimum Gasteiger partial charge on any atom is -0.306 e. The first kappa shape index (κ1) is 11.0. The first-order valence-electron chi connectivity index (χ1n) is 6.31. The molecular formula is C16H10N2O2. The van der Waals surface area contributed by atoms with Crippen molar-refractivity contribution >= 4 is 32.4 Å². The monoisotopic (exact) mass is 262 g/mol. The summed E-state index contributed by atoms with van der Waals surface area (Å²) < 4.78 is 0. The molecule has 4 rings (SSSR count). The van der Waals surface area contributed by atoms with Crippen molar-refractivity contribution in [1.82, 2.24) is 9.97 Å². The van der Waals surface area contributed by atoms with E-state index in [-0.39, 0.29) is 5.56 Å². The molecule has 0 aliphatic rings. The van der Waals surface area contributed by atoms with Crippen LogP contribution in [0.2, 0.25) is 0 Å². The summed E-state index contributed by atoms with van der Waals surface area (Å²) in [6.45, 7) is 0. The number of benzene rings is 3. The molecule has 20 heavy (non-hydrogen) atoms. The maximum Gasteiger partial charge on any atom is 0.326 e. The lowest BCUT2D eigenvalue weighted by Gasteiger charge is -2.08. The van der Waals surface area contributed by atoms with Crippen molar-refractivity contribution in [3.63, 3.8) is 0 Å². The van der Waals surface area contributed by atoms with Crippen molar-refractivity contribution in [1.29, 1.82) is 0 Å². The lowest BCUT2D eigenvalue weighted by atomic mass is 9.98. The molecule has 4 nitrogen and oxygen atoms in total. The van der Waals surface area contributed by atoms with Crippen molar-refractivity contribution < 1.29 is 0 Å². The standard InChI is InChI=1S/C16H10N2O2/c19-15-13-11-7-3-1-5-9(11)10-6-2-4-8-12(10)14(13)17-16(20)18-15/h1-8H,(H2,17,18,19,20). The van der Waals surface area contributed by atoms with Gasteiger partial charge in [0.15, 0.2) is 0 Å². The van der Waals surface area contributed by atoms with E-state index in [9.17, 15) is 9.59 Å². The van der Waals surface area contributed by atoms with E-state index in [1.54, 1.807) is 0 Å². The van der Waals surface area contributed by atoms with Crippen LogP contribution in [0.3, 0.4) is 0 Å². The SMILES string of the molecule is O=c1[nH]c(=O)c2c3ccccc3c3ccccc3c2[nH]1. The van der Waals surface area contributed by atoms with Crippen LogP contribution in [0.15, 0.2) is 58.1 Å². The summed E-state index contributed by atoms with van der Waals surface area (Å²) in [5, 5.41) is 4.28. The number of fused-ring (bicyclic) bond motifs is 6. The number of rotatable bonds is 0. The van der Waals surface area contributed by atoms with Gasteiger partial charge < -0.3 is 4.98 Å². The van der Waals surface area contributed by atoms with Gasteiger partial charge in [-0.1, -0.05) is 48.5 Å². The van der Waals surface area contributed by atoms with E-state index < -0.39 is 5.69 Å². The molecule has 0 aliphatic heterocycles. The number of H-pyrrole nitrogens is 2. The van der Waals surface area contributed by atoms with Gasteiger partial charge in [-0.15, -0.1) is 0 Å². The predicted molar refractivity (Wildman–Crippen MR) is 80.2 cm³/mol. The minimum atomic E-state index is -0.483. The van der Waals surface area contributed by atoms with E-state index in [1.165, 1.54) is 0 Å². The van der Waals surface area contributed by atoms with Gasteiger partial charge in [0.05, 0.1) is 10.9 Å². The van der Waals surface area contributed by atoms with E-state index in [4.69, 9.17) is 0 Å². The molecule has 0 aliphatic carbocycles. The Hall–Kier alpha value is -2.88. The zero-order valence-electron chi connectivity index (χ0n) is 10.4. The molecule has 0 atom stereocenters. The molecule has 0 bridgehead atoms. The zero-order chi connectivity index (χ0) is 13.7. The molecule has 0 saturated heterocycles. The fourth-order valence-electron chi connectivity index (χ4n) is 2.82. The second kappa shape index (κ2) is 3.81. The van der Waals surface area contributed by atoms with E-state index >= 15 is 0 Å². The second-order valence-corrected chi connectivity index (χ2v) is 4.75. The third kappa shape index (κ3) is 1.36. The maximum absolute atomic E-state index is 12.2. The second-order valence-electron chi connectivity index (χ2n) is 4.75. The first-order valence-corrected chi connectivity index (χ1v) is 6.31. The quantitative estimate of drug-likeness (QED) is 0.478. The van der Waals surface area contributed by atoms with Crippen LogP contribution in [0.5, 0.6) is 0 Å². The summed E-state index contributed by atoms with van der Waals surface area (Å²) in [4.78, 5) is 28.8. The molecular weight excluding hydrogens is 252 g/mol. The van der Waals surface area contributed by atoms with E-state index in [1.807, 2.05) is 48.5 Å². The van der Waals surface area contributed by atoms with Crippen molar-refractivity contribution in [2.75, 3.05) is 0 Å². The Morgan fingerprint density at radius 3 is 1.90 bits per heavy atom. The summed E-state index contributed by atoms with van der Waals surface area (Å²) in [5.41, 5.74) is -0.248. The fourth-order valence-corrected chi connectivity index (χ4v) is 2.82. The highest BCUT2D eigenvalue weighted by Gasteiger charge is 2.11. The molecule has 4 heteroatoms. The highest BCUT2D eigenvalue weighted by Crippen LogP contribution is 2.31. The number of hydrogen-bond acceptors (Lipinski definition) is 2. The Kier molecular flexibility index (Phi) is 2.09. The molecule has 4 aromatic rings. The van der Waals surface area contributed by atoms with Gasteiger partial charge in [0, 0.05) is 5.39 Å². The first-order chi connectivity index (χ1) is 9.75. The maximum atomic E-state index is 12.2. The van der Waals surface area contributed by atoms with Gasteiger partial charge in [0.25, 0.3) is 5.56 Å². The Bertz CT molecular complexity index is 1090. The van der Waals surface area contributed by atoms with Crippen LogP contribution in [0.25, 0.3) is 32.4 Å². The highest BCUT2D eigenvalue weighted by atomic mass is 16.2. The normalized spacial score (nSPS) is 11.4. The highest BCUT2D eigenvalue weighted by molar-refractivity contribution is 6.23. The van der Waals surface area contributed by atoms with Crippen molar-refractivity contribution in [3.05, 3.63) is 69.4 Å². The molecule has 0 spiro atoms. The fraction of sp³-hybridized carbons (Fsp3) is 0. The van der Waals surface area contributed by atoms with Crippen molar-refractivity contribution in [2.24, 2.45) is 0 Å². The van der Waals surface area contributed by atoms with Gasteiger partial charge >= 0.3 is 5.69 Å². The molecule has 0 radical (unpaired) electrons. The van der Waals surface area contributed by atoms with E-state index in [0.717, 1.165) is 21.5 Å². The number of aromatic nitrogens is 2. The molecule has 3 aromatic carbocycles. The molecule has 0 fully saturated rings. The van der Waals surface area contributed by atoms with Crippen LogP contribution in [0, 0.1) is 0 Å². The van der Waals surface area contributed by atoms with Crippen LogP contribution in [0.1, 0.15) is 0 Å². The number of hydrogen-bond donors (Lipinski definition) is 2. The Labute approximate surface area is 112 Å². The van der Waals surface area contributed by atoms with Gasteiger partial charge in [-0.2, -0.15) is 0 Å². The molecule has 1 aromatic heterocycles. The lowest BCUT2D eigenvalue weighted by molar-refractivity contribution is 1.09. The zero-order valence-corrected chi connectivity index (χ0v) is 10.4. The summed E-state index contributed by atoms with van der Waals surface area (Å²) in [7, 11) is 0. The van der Waals surface area contributed by atoms with Crippen LogP contribution in [-0.4, -0.2) is 9.97 Å². The number of aromatic amines is 2. The van der Waals surface area contributed by atoms with Crippen LogP contribution >= 0.6 is 0 Å². The van der Waals surface area contributed by atoms with E-state index in [0.29, 0.717) is 10.9 Å². The predicted octanol–water partition coefficient (Wildman–Crippen LogP) is 2.52. The molecule has 0 amide bonds. The molecule has 1 heterocycles. The van der Waals surface area contributed by atoms with Crippen LogP contribution in [-0.2, 0) is 0 Å². The summed E-state index contributed by atoms with van der Waals surface area (Å²) >= 11 is 0. The van der Waals surface area contributed by atoms with Gasteiger partial charge in [0.2, 0.25) is 0 Å². The summed E-state index contributed by atoms with van der Waals surface area (Å²) in [6, 6.07) is 15.5. The van der Waals surface area contributed by atoms with Gasteiger partial charge in [-0.25, -0.2) is 4.79 Å². The molecule has 0 saturated carbocycles. The largest absolute Gasteiger partial charge is 0.326 e. The Morgan fingerprint density at radius 1 is 0.650 bits per heavy atom. The Balaban J connectivity index is 2.53. The molecule has 0 unspecified atom stereocenters. The minimum absolute atomic E-state index is 0.356. The van der Waals surface area contributed by atoms with Gasteiger partial charge in [0.1, 0.15) is 0 Å². The smallest absolute Gasteiger partial charge is 0.306 e. The van der Waals surface area contributed by atoms with Crippen molar-refractivity contribution in [2.45, 2.75) is 0 Å². The van der Waals surface area contributed by atoms with Crippen LogP contribution < -0.4 is 11.2 Å². The third-order valence-electron chi connectivity index (χ3n) is 3.63. The number of nitrogens with one attached hydrogen (secondary N) is 2.